The van der Waals surface area contributed by atoms with Crippen LogP contribution in [0.2, 0.25) is 0 Å². The highest BCUT2D eigenvalue weighted by molar-refractivity contribution is 5.91. The number of allylic oxidation sites excluding steroid dienone is 1. The number of carbonyl (C=O) groups is 1. The van der Waals surface area contributed by atoms with Crippen molar-refractivity contribution in [3.05, 3.63) is 71.8 Å². The average molecular weight is 455 g/mol. The normalized spacial score (nSPS) is 24.6. The Kier molecular flexibility index (Phi) is 7.46. The fraction of sp³-hybridized carbons (Fsp3) is 0.464. The maximum absolute atomic E-state index is 15.0. The van der Waals surface area contributed by atoms with Crippen molar-refractivity contribution < 1.29 is 23.0 Å². The fourth-order valence-corrected chi connectivity index (χ4v) is 5.77. The van der Waals surface area contributed by atoms with Gasteiger partial charge < -0.3 is 9.47 Å². The standard InChI is InChI=1S/C28H32F2O3/c1-3-4-5-18-6-7-20-15-21(9-8-19(20)14-18)27-25(29)16-22(17-26(27)30)28(31)33-24-12-10-23(32-2)11-13-24/h3,10-13,16-21H,1,4-9,14-15H2,2H3. The number of rotatable bonds is 7. The number of methoxy groups -OCH3 is 1. The summed E-state index contributed by atoms with van der Waals surface area (Å²) in [6.07, 6.45) is 10.4. The Bertz CT molecular complexity index is 962. The van der Waals surface area contributed by atoms with E-state index in [4.69, 9.17) is 9.47 Å². The Balaban J connectivity index is 1.42. The lowest BCUT2D eigenvalue weighted by Gasteiger charge is -2.42. The van der Waals surface area contributed by atoms with Gasteiger partial charge in [-0.2, -0.15) is 0 Å². The molecular formula is C28H32F2O3. The van der Waals surface area contributed by atoms with Crippen molar-refractivity contribution in [1.29, 1.82) is 0 Å². The first-order chi connectivity index (χ1) is 16.0. The van der Waals surface area contributed by atoms with Crippen LogP contribution in [0.15, 0.2) is 49.1 Å². The molecule has 0 saturated heterocycles. The fourth-order valence-electron chi connectivity index (χ4n) is 5.77. The van der Waals surface area contributed by atoms with E-state index in [1.165, 1.54) is 26.4 Å². The third kappa shape index (κ3) is 5.45. The van der Waals surface area contributed by atoms with E-state index in [0.717, 1.165) is 50.2 Å². The Morgan fingerprint density at radius 3 is 2.30 bits per heavy atom. The van der Waals surface area contributed by atoms with Gasteiger partial charge in [-0.25, -0.2) is 13.6 Å². The van der Waals surface area contributed by atoms with Gasteiger partial charge >= 0.3 is 5.97 Å². The molecule has 2 aliphatic carbocycles. The molecule has 4 unspecified atom stereocenters. The van der Waals surface area contributed by atoms with Crippen LogP contribution in [0.25, 0.3) is 0 Å². The highest BCUT2D eigenvalue weighted by Crippen LogP contribution is 2.49. The number of hydrogen-bond acceptors (Lipinski definition) is 3. The molecule has 0 N–H and O–H groups in total. The summed E-state index contributed by atoms with van der Waals surface area (Å²) in [7, 11) is 1.54. The van der Waals surface area contributed by atoms with Crippen molar-refractivity contribution in [2.24, 2.45) is 17.8 Å². The molecule has 176 valence electrons. The third-order valence-electron chi connectivity index (χ3n) is 7.49. The molecule has 0 amide bonds. The highest BCUT2D eigenvalue weighted by Gasteiger charge is 2.37. The van der Waals surface area contributed by atoms with Crippen LogP contribution in [0.1, 0.15) is 73.2 Å². The maximum Gasteiger partial charge on any atom is 0.343 e. The summed E-state index contributed by atoms with van der Waals surface area (Å²) in [6, 6.07) is 8.67. The van der Waals surface area contributed by atoms with E-state index < -0.39 is 17.6 Å². The predicted molar refractivity (Wildman–Crippen MR) is 125 cm³/mol. The highest BCUT2D eigenvalue weighted by atomic mass is 19.1. The van der Waals surface area contributed by atoms with Crippen LogP contribution >= 0.6 is 0 Å². The van der Waals surface area contributed by atoms with E-state index in [1.54, 1.807) is 24.3 Å². The number of benzene rings is 2. The Hall–Kier alpha value is -2.69. The van der Waals surface area contributed by atoms with Crippen LogP contribution in [0.3, 0.4) is 0 Å². The molecule has 2 aliphatic rings. The lowest BCUT2D eigenvalue weighted by atomic mass is 9.63. The molecular weight excluding hydrogens is 422 g/mol. The Morgan fingerprint density at radius 2 is 1.64 bits per heavy atom. The first-order valence-corrected chi connectivity index (χ1v) is 11.9. The summed E-state index contributed by atoms with van der Waals surface area (Å²) in [4.78, 5) is 12.5. The van der Waals surface area contributed by atoms with Crippen LogP contribution < -0.4 is 9.47 Å². The van der Waals surface area contributed by atoms with Gasteiger partial charge in [0.2, 0.25) is 0 Å². The molecule has 2 aromatic rings. The van der Waals surface area contributed by atoms with Crippen molar-refractivity contribution >= 4 is 5.97 Å². The van der Waals surface area contributed by atoms with Gasteiger partial charge in [-0.15, -0.1) is 6.58 Å². The van der Waals surface area contributed by atoms with E-state index in [9.17, 15) is 4.79 Å². The SMILES string of the molecule is C=CCCC1CCC2CC(c3c(F)cc(C(=O)Oc4ccc(OC)cc4)cc3F)CCC2C1. The summed E-state index contributed by atoms with van der Waals surface area (Å²) < 4.78 is 40.4. The largest absolute Gasteiger partial charge is 0.497 e. The number of esters is 1. The zero-order valence-corrected chi connectivity index (χ0v) is 19.2. The van der Waals surface area contributed by atoms with Crippen LogP contribution in [-0.4, -0.2) is 13.1 Å². The zero-order chi connectivity index (χ0) is 23.4. The molecule has 0 aliphatic heterocycles. The summed E-state index contributed by atoms with van der Waals surface area (Å²) in [5.74, 6) is 0.624. The van der Waals surface area contributed by atoms with E-state index in [2.05, 4.69) is 6.58 Å². The molecule has 2 saturated carbocycles. The van der Waals surface area contributed by atoms with Gasteiger partial charge in [-0.3, -0.25) is 0 Å². The minimum Gasteiger partial charge on any atom is -0.497 e. The zero-order valence-electron chi connectivity index (χ0n) is 19.2. The van der Waals surface area contributed by atoms with Gasteiger partial charge in [0, 0.05) is 5.56 Å². The van der Waals surface area contributed by atoms with Gasteiger partial charge in [0.15, 0.2) is 0 Å². The van der Waals surface area contributed by atoms with E-state index in [0.29, 0.717) is 17.6 Å². The van der Waals surface area contributed by atoms with Crippen LogP contribution in [0.5, 0.6) is 11.5 Å². The molecule has 4 rings (SSSR count). The van der Waals surface area contributed by atoms with Gasteiger partial charge in [-0.1, -0.05) is 12.5 Å². The maximum atomic E-state index is 15.0. The summed E-state index contributed by atoms with van der Waals surface area (Å²) >= 11 is 0. The predicted octanol–water partition coefficient (Wildman–Crippen LogP) is 7.46. The molecule has 0 heterocycles. The van der Waals surface area contributed by atoms with Crippen molar-refractivity contribution in [2.45, 2.75) is 57.3 Å². The summed E-state index contributed by atoms with van der Waals surface area (Å²) in [5, 5.41) is 0. The smallest absolute Gasteiger partial charge is 0.343 e. The molecule has 3 nitrogen and oxygen atoms in total. The second kappa shape index (κ2) is 10.5. The van der Waals surface area contributed by atoms with Gasteiger partial charge in [-0.05, 0) is 105 Å². The van der Waals surface area contributed by atoms with Gasteiger partial charge in [0.25, 0.3) is 0 Å². The lowest BCUT2D eigenvalue weighted by molar-refractivity contribution is 0.0733. The van der Waals surface area contributed by atoms with Gasteiger partial charge in [0.05, 0.1) is 12.7 Å². The number of fused-ring (bicyclic) bond motifs is 1. The average Bonchev–Trinajstić information content (AvgIpc) is 2.82. The van der Waals surface area contributed by atoms with Crippen molar-refractivity contribution in [2.75, 3.05) is 7.11 Å². The number of hydrogen-bond donors (Lipinski definition) is 0. The number of ether oxygens (including phenoxy) is 2. The van der Waals surface area contributed by atoms with Crippen LogP contribution in [-0.2, 0) is 0 Å². The monoisotopic (exact) mass is 454 g/mol. The van der Waals surface area contributed by atoms with Crippen molar-refractivity contribution in [3.8, 4) is 11.5 Å². The van der Waals surface area contributed by atoms with E-state index in [1.807, 2.05) is 6.08 Å². The third-order valence-corrected chi connectivity index (χ3v) is 7.49. The molecule has 0 aromatic heterocycles. The Labute approximate surface area is 194 Å². The molecule has 2 fully saturated rings. The first-order valence-electron chi connectivity index (χ1n) is 11.9. The van der Waals surface area contributed by atoms with E-state index in [-0.39, 0.29) is 22.8 Å². The minimum atomic E-state index is -0.786. The molecule has 5 heteroatoms. The summed E-state index contributed by atoms with van der Waals surface area (Å²) in [5.41, 5.74) is 0.00390. The molecule has 0 bridgehead atoms. The second-order valence-electron chi connectivity index (χ2n) is 9.49. The topological polar surface area (TPSA) is 35.5 Å². The molecule has 0 spiro atoms. The molecule has 33 heavy (non-hydrogen) atoms. The number of carbonyl (C=O) groups excluding carboxylic acids is 1. The van der Waals surface area contributed by atoms with E-state index >= 15 is 8.78 Å². The molecule has 0 radical (unpaired) electrons. The van der Waals surface area contributed by atoms with Crippen molar-refractivity contribution in [3.63, 3.8) is 0 Å². The molecule has 4 atom stereocenters. The van der Waals surface area contributed by atoms with Crippen LogP contribution in [0.4, 0.5) is 8.78 Å². The molecule has 2 aromatic carbocycles. The lowest BCUT2D eigenvalue weighted by Crippen LogP contribution is -2.31. The van der Waals surface area contributed by atoms with Gasteiger partial charge in [0.1, 0.15) is 23.1 Å². The second-order valence-corrected chi connectivity index (χ2v) is 9.49. The number of halogens is 2. The first kappa shape index (κ1) is 23.5. The Morgan fingerprint density at radius 1 is 1.00 bits per heavy atom. The minimum absolute atomic E-state index is 0.124. The quantitative estimate of drug-likeness (QED) is 0.247. The van der Waals surface area contributed by atoms with Crippen molar-refractivity contribution in [1.82, 2.24) is 0 Å². The van der Waals surface area contributed by atoms with Crippen LogP contribution in [0, 0.1) is 29.4 Å². The summed E-state index contributed by atoms with van der Waals surface area (Å²) in [6.45, 7) is 3.83.